The molecule has 0 bridgehead atoms. The van der Waals surface area contributed by atoms with Gasteiger partial charge in [-0.25, -0.2) is 0 Å². The summed E-state index contributed by atoms with van der Waals surface area (Å²) < 4.78 is 0. The number of nitrogens with zero attached hydrogens (tertiary/aromatic N) is 3. The van der Waals surface area contributed by atoms with Crippen LogP contribution in [0.2, 0.25) is 0 Å². The van der Waals surface area contributed by atoms with Crippen LogP contribution < -0.4 is 9.80 Å². The summed E-state index contributed by atoms with van der Waals surface area (Å²) in [6.45, 7) is 0.699. The number of nitro groups is 1. The van der Waals surface area contributed by atoms with E-state index in [1.165, 1.54) is 0 Å². The summed E-state index contributed by atoms with van der Waals surface area (Å²) in [5.41, 5.74) is 2.77. The molecule has 90 valence electrons. The van der Waals surface area contributed by atoms with Crippen molar-refractivity contribution in [3.63, 3.8) is 0 Å². The maximum atomic E-state index is 11.0. The van der Waals surface area contributed by atoms with Gasteiger partial charge in [-0.15, -0.1) is 0 Å². The largest absolute Gasteiger partial charge is 0.377 e. The van der Waals surface area contributed by atoms with E-state index in [4.69, 9.17) is 0 Å². The second kappa shape index (κ2) is 4.08. The molecule has 5 heteroatoms. The summed E-state index contributed by atoms with van der Waals surface area (Å²) in [4.78, 5) is 14.6. The van der Waals surface area contributed by atoms with E-state index < -0.39 is 0 Å². The summed E-state index contributed by atoms with van der Waals surface area (Å²) in [5, 5.41) is 11.0. The average Bonchev–Trinajstić information content (AvgIpc) is 2.27. The molecule has 1 aromatic carbocycles. The van der Waals surface area contributed by atoms with Gasteiger partial charge in [0.25, 0.3) is 5.69 Å². The lowest BCUT2D eigenvalue weighted by Gasteiger charge is -2.27. The Morgan fingerprint density at radius 2 is 2.12 bits per heavy atom. The van der Waals surface area contributed by atoms with Gasteiger partial charge in [-0.05, 0) is 6.07 Å². The molecule has 0 aliphatic carbocycles. The molecule has 1 heterocycles. The van der Waals surface area contributed by atoms with Crippen LogP contribution in [0.25, 0.3) is 6.08 Å². The number of hydrogen-bond acceptors (Lipinski definition) is 4. The van der Waals surface area contributed by atoms with Crippen molar-refractivity contribution in [3.05, 3.63) is 33.9 Å². The van der Waals surface area contributed by atoms with Gasteiger partial charge in [0.2, 0.25) is 0 Å². The minimum absolute atomic E-state index is 0.164. The molecular formula is C12H15N3O2. The van der Waals surface area contributed by atoms with Gasteiger partial charge in [-0.2, -0.15) is 0 Å². The third kappa shape index (κ3) is 1.84. The van der Waals surface area contributed by atoms with Gasteiger partial charge >= 0.3 is 0 Å². The third-order valence-corrected chi connectivity index (χ3v) is 2.90. The highest BCUT2D eigenvalue weighted by molar-refractivity contribution is 5.87. The van der Waals surface area contributed by atoms with Crippen LogP contribution in [0, 0.1) is 10.1 Å². The third-order valence-electron chi connectivity index (χ3n) is 2.90. The first-order chi connectivity index (χ1) is 8.02. The van der Waals surface area contributed by atoms with Crippen molar-refractivity contribution in [2.24, 2.45) is 0 Å². The first-order valence-corrected chi connectivity index (χ1v) is 5.38. The zero-order valence-corrected chi connectivity index (χ0v) is 10.2. The van der Waals surface area contributed by atoms with Crippen molar-refractivity contribution < 1.29 is 4.92 Å². The van der Waals surface area contributed by atoms with Gasteiger partial charge in [-0.3, -0.25) is 10.1 Å². The van der Waals surface area contributed by atoms with E-state index in [2.05, 4.69) is 0 Å². The summed E-state index contributed by atoms with van der Waals surface area (Å²) in [5.74, 6) is 0. The molecule has 0 spiro atoms. The Labute approximate surface area is 100 Å². The lowest BCUT2D eigenvalue weighted by atomic mass is 10.0. The molecule has 0 atom stereocenters. The molecule has 1 aromatic rings. The number of nitro benzene ring substituents is 1. The number of rotatable bonds is 2. The van der Waals surface area contributed by atoms with Gasteiger partial charge in [0, 0.05) is 45.0 Å². The van der Waals surface area contributed by atoms with E-state index in [0.717, 1.165) is 11.3 Å². The smallest absolute Gasteiger partial charge is 0.293 e. The van der Waals surface area contributed by atoms with Crippen LogP contribution in [0.3, 0.4) is 0 Å². The van der Waals surface area contributed by atoms with Crippen molar-refractivity contribution in [1.29, 1.82) is 0 Å². The maximum Gasteiger partial charge on any atom is 0.293 e. The Hall–Kier alpha value is -2.04. The summed E-state index contributed by atoms with van der Waals surface area (Å²) in [7, 11) is 5.74. The minimum atomic E-state index is -0.325. The van der Waals surface area contributed by atoms with Gasteiger partial charge in [0.1, 0.15) is 5.69 Å². The lowest BCUT2D eigenvalue weighted by Crippen LogP contribution is -2.23. The van der Waals surface area contributed by atoms with E-state index >= 15 is 0 Å². The zero-order valence-electron chi connectivity index (χ0n) is 10.2. The highest BCUT2D eigenvalue weighted by Crippen LogP contribution is 2.39. The first-order valence-electron chi connectivity index (χ1n) is 5.38. The van der Waals surface area contributed by atoms with E-state index in [9.17, 15) is 10.1 Å². The first kappa shape index (κ1) is 11.4. The van der Waals surface area contributed by atoms with Crippen molar-refractivity contribution in [3.8, 4) is 0 Å². The van der Waals surface area contributed by atoms with E-state index in [-0.39, 0.29) is 10.6 Å². The SMILES string of the molecule is CN(C)c1ccc([N+](=O)[O-])c2c1C=CCN2C. The van der Waals surface area contributed by atoms with Crippen molar-refractivity contribution in [2.75, 3.05) is 37.5 Å². The van der Waals surface area contributed by atoms with Gasteiger partial charge in [0.15, 0.2) is 0 Å². The highest BCUT2D eigenvalue weighted by atomic mass is 16.6. The van der Waals surface area contributed by atoms with Crippen molar-refractivity contribution >= 4 is 23.1 Å². The Morgan fingerprint density at radius 3 is 2.71 bits per heavy atom. The predicted octanol–water partition coefficient (Wildman–Crippen LogP) is 2.12. The fraction of sp³-hybridized carbons (Fsp3) is 0.333. The Kier molecular flexibility index (Phi) is 2.75. The molecule has 0 radical (unpaired) electrons. The van der Waals surface area contributed by atoms with E-state index in [0.29, 0.717) is 12.2 Å². The van der Waals surface area contributed by atoms with Crippen LogP contribution in [0.5, 0.6) is 0 Å². The Balaban J connectivity index is 2.71. The molecular weight excluding hydrogens is 218 g/mol. The second-order valence-electron chi connectivity index (χ2n) is 4.30. The Bertz CT molecular complexity index is 495. The number of benzene rings is 1. The van der Waals surface area contributed by atoms with Crippen LogP contribution in [0.1, 0.15) is 5.56 Å². The monoisotopic (exact) mass is 233 g/mol. The van der Waals surface area contributed by atoms with Crippen LogP contribution in [-0.2, 0) is 0 Å². The normalized spacial score (nSPS) is 13.5. The fourth-order valence-corrected chi connectivity index (χ4v) is 2.11. The molecule has 2 rings (SSSR count). The molecule has 0 aromatic heterocycles. The molecule has 0 unspecified atom stereocenters. The molecule has 17 heavy (non-hydrogen) atoms. The van der Waals surface area contributed by atoms with Gasteiger partial charge in [-0.1, -0.05) is 12.2 Å². The van der Waals surface area contributed by atoms with Crippen LogP contribution in [-0.4, -0.2) is 32.6 Å². The number of fused-ring (bicyclic) bond motifs is 1. The van der Waals surface area contributed by atoms with E-state index in [1.54, 1.807) is 12.1 Å². The zero-order chi connectivity index (χ0) is 12.6. The second-order valence-corrected chi connectivity index (χ2v) is 4.30. The van der Waals surface area contributed by atoms with Gasteiger partial charge in [0.05, 0.1) is 4.92 Å². The summed E-state index contributed by atoms with van der Waals surface area (Å²) in [6.07, 6.45) is 3.97. The summed E-state index contributed by atoms with van der Waals surface area (Å²) in [6, 6.07) is 3.37. The molecule has 0 saturated heterocycles. The van der Waals surface area contributed by atoms with Crippen molar-refractivity contribution in [1.82, 2.24) is 0 Å². The number of hydrogen-bond donors (Lipinski definition) is 0. The summed E-state index contributed by atoms with van der Waals surface area (Å²) >= 11 is 0. The van der Waals surface area contributed by atoms with Crippen molar-refractivity contribution in [2.45, 2.75) is 0 Å². The van der Waals surface area contributed by atoms with Gasteiger partial charge < -0.3 is 9.80 Å². The lowest BCUT2D eigenvalue weighted by molar-refractivity contribution is -0.384. The predicted molar refractivity (Wildman–Crippen MR) is 69.7 cm³/mol. The minimum Gasteiger partial charge on any atom is -0.377 e. The Morgan fingerprint density at radius 1 is 1.41 bits per heavy atom. The maximum absolute atomic E-state index is 11.0. The standard InChI is InChI=1S/C12H15N3O2/c1-13(2)10-6-7-11(15(16)17)12-9(10)5-4-8-14(12)3/h4-7H,8H2,1-3H3. The molecule has 0 N–H and O–H groups in total. The van der Waals surface area contributed by atoms with Crippen LogP contribution in [0.4, 0.5) is 17.1 Å². The number of likely N-dealkylation sites (N-methyl/N-ethyl adjacent to an activating group) is 1. The quantitative estimate of drug-likeness (QED) is 0.580. The molecule has 0 amide bonds. The number of anilines is 2. The average molecular weight is 233 g/mol. The molecule has 0 fully saturated rings. The van der Waals surface area contributed by atoms with E-state index in [1.807, 2.05) is 43.1 Å². The topological polar surface area (TPSA) is 49.6 Å². The van der Waals surface area contributed by atoms with Crippen LogP contribution in [0.15, 0.2) is 18.2 Å². The fourth-order valence-electron chi connectivity index (χ4n) is 2.11. The highest BCUT2D eigenvalue weighted by Gasteiger charge is 2.24. The molecule has 0 saturated carbocycles. The van der Waals surface area contributed by atoms with Crippen LogP contribution >= 0.6 is 0 Å². The molecule has 1 aliphatic rings. The molecule has 1 aliphatic heterocycles. The molecule has 5 nitrogen and oxygen atoms in total.